The van der Waals surface area contributed by atoms with Crippen LogP contribution in [-0.4, -0.2) is 34.0 Å². The molecular weight excluding hydrogens is 252 g/mol. The SMILES string of the molecule is CC(C)c1ncncc1C(=O)NC1CC2CCC(C1)N2. The van der Waals surface area contributed by atoms with Gasteiger partial charge in [-0.25, -0.2) is 9.97 Å². The molecule has 2 N–H and O–H groups in total. The van der Waals surface area contributed by atoms with Crippen molar-refractivity contribution in [2.75, 3.05) is 0 Å². The average Bonchev–Trinajstić information content (AvgIpc) is 2.78. The summed E-state index contributed by atoms with van der Waals surface area (Å²) in [5, 5.41) is 6.76. The van der Waals surface area contributed by atoms with Gasteiger partial charge in [-0.1, -0.05) is 13.8 Å². The second-order valence-corrected chi connectivity index (χ2v) is 6.26. The van der Waals surface area contributed by atoms with E-state index in [4.69, 9.17) is 0 Å². The number of carbonyl (C=O) groups excluding carboxylic acids is 1. The zero-order valence-corrected chi connectivity index (χ0v) is 12.1. The molecule has 2 atom stereocenters. The van der Waals surface area contributed by atoms with Crippen LogP contribution in [0.25, 0.3) is 0 Å². The number of piperidine rings is 1. The summed E-state index contributed by atoms with van der Waals surface area (Å²) in [5.74, 6) is 0.198. The molecule has 5 nitrogen and oxygen atoms in total. The van der Waals surface area contributed by atoms with Gasteiger partial charge in [0.1, 0.15) is 6.33 Å². The molecule has 0 aromatic carbocycles. The fourth-order valence-electron chi connectivity index (χ4n) is 3.41. The van der Waals surface area contributed by atoms with Crippen molar-refractivity contribution in [2.24, 2.45) is 0 Å². The number of aromatic nitrogens is 2. The molecule has 5 heteroatoms. The maximum Gasteiger partial charge on any atom is 0.254 e. The van der Waals surface area contributed by atoms with E-state index in [1.807, 2.05) is 13.8 Å². The molecule has 0 spiro atoms. The van der Waals surface area contributed by atoms with Gasteiger partial charge in [-0.2, -0.15) is 0 Å². The fraction of sp³-hybridized carbons (Fsp3) is 0.667. The number of carbonyl (C=O) groups is 1. The minimum absolute atomic E-state index is 0.0272. The Morgan fingerprint density at radius 2 is 2.05 bits per heavy atom. The molecule has 1 aromatic rings. The summed E-state index contributed by atoms with van der Waals surface area (Å²) in [6.07, 6.45) is 7.69. The molecule has 20 heavy (non-hydrogen) atoms. The summed E-state index contributed by atoms with van der Waals surface area (Å²) in [5.41, 5.74) is 1.45. The van der Waals surface area contributed by atoms with Crippen LogP contribution in [0.1, 0.15) is 61.5 Å². The van der Waals surface area contributed by atoms with E-state index in [-0.39, 0.29) is 17.9 Å². The lowest BCUT2D eigenvalue weighted by Crippen LogP contribution is -2.48. The maximum atomic E-state index is 12.5. The molecule has 1 aromatic heterocycles. The van der Waals surface area contributed by atoms with Gasteiger partial charge in [0, 0.05) is 24.3 Å². The number of nitrogens with one attached hydrogen (secondary N) is 2. The van der Waals surface area contributed by atoms with Crippen LogP contribution in [0.2, 0.25) is 0 Å². The highest BCUT2D eigenvalue weighted by atomic mass is 16.1. The van der Waals surface area contributed by atoms with Gasteiger partial charge >= 0.3 is 0 Å². The van der Waals surface area contributed by atoms with Crippen LogP contribution in [0.15, 0.2) is 12.5 Å². The number of hydrogen-bond acceptors (Lipinski definition) is 4. The minimum Gasteiger partial charge on any atom is -0.349 e. The highest BCUT2D eigenvalue weighted by molar-refractivity contribution is 5.95. The van der Waals surface area contributed by atoms with Crippen molar-refractivity contribution in [3.05, 3.63) is 23.8 Å². The van der Waals surface area contributed by atoms with Crippen molar-refractivity contribution >= 4 is 5.91 Å². The van der Waals surface area contributed by atoms with Crippen LogP contribution in [0.5, 0.6) is 0 Å². The zero-order valence-electron chi connectivity index (χ0n) is 12.1. The van der Waals surface area contributed by atoms with Gasteiger partial charge in [0.2, 0.25) is 0 Å². The van der Waals surface area contributed by atoms with Crippen molar-refractivity contribution in [2.45, 2.75) is 63.6 Å². The van der Waals surface area contributed by atoms with E-state index in [1.54, 1.807) is 6.20 Å². The molecule has 2 aliphatic heterocycles. The van der Waals surface area contributed by atoms with E-state index >= 15 is 0 Å². The van der Waals surface area contributed by atoms with Crippen molar-refractivity contribution < 1.29 is 4.79 Å². The standard InChI is InChI=1S/C15H22N4O/c1-9(2)14-13(7-16-8-17-14)15(20)19-12-5-10-3-4-11(6-12)18-10/h7-12,18H,3-6H2,1-2H3,(H,19,20). The number of amides is 1. The maximum absolute atomic E-state index is 12.5. The Bertz CT molecular complexity index is 490. The van der Waals surface area contributed by atoms with Crippen LogP contribution < -0.4 is 10.6 Å². The molecule has 2 fully saturated rings. The molecule has 1 amide bonds. The lowest BCUT2D eigenvalue weighted by molar-refractivity contribution is 0.0921. The Morgan fingerprint density at radius 3 is 2.70 bits per heavy atom. The third-order valence-corrected chi connectivity index (χ3v) is 4.34. The third-order valence-electron chi connectivity index (χ3n) is 4.34. The van der Waals surface area contributed by atoms with E-state index in [0.717, 1.165) is 18.5 Å². The molecular formula is C15H22N4O. The van der Waals surface area contributed by atoms with E-state index in [2.05, 4.69) is 20.6 Å². The molecule has 0 saturated carbocycles. The number of fused-ring (bicyclic) bond motifs is 2. The van der Waals surface area contributed by atoms with E-state index in [1.165, 1.54) is 19.2 Å². The zero-order chi connectivity index (χ0) is 14.1. The van der Waals surface area contributed by atoms with Crippen LogP contribution in [0, 0.1) is 0 Å². The molecule has 0 aliphatic carbocycles. The second kappa shape index (κ2) is 5.48. The van der Waals surface area contributed by atoms with Gasteiger partial charge in [-0.05, 0) is 31.6 Å². The summed E-state index contributed by atoms with van der Waals surface area (Å²) in [7, 11) is 0. The summed E-state index contributed by atoms with van der Waals surface area (Å²) in [6, 6.07) is 1.44. The highest BCUT2D eigenvalue weighted by Gasteiger charge is 2.34. The second-order valence-electron chi connectivity index (χ2n) is 6.26. The summed E-state index contributed by atoms with van der Waals surface area (Å²) in [4.78, 5) is 20.7. The fourth-order valence-corrected chi connectivity index (χ4v) is 3.41. The third kappa shape index (κ3) is 2.68. The first kappa shape index (κ1) is 13.5. The molecule has 108 valence electrons. The predicted molar refractivity (Wildman–Crippen MR) is 76.6 cm³/mol. The van der Waals surface area contributed by atoms with E-state index < -0.39 is 0 Å². The first-order chi connectivity index (χ1) is 9.63. The highest BCUT2D eigenvalue weighted by Crippen LogP contribution is 2.27. The summed E-state index contributed by atoms with van der Waals surface area (Å²) in [6.45, 7) is 4.09. The number of hydrogen-bond donors (Lipinski definition) is 2. The normalized spacial score (nSPS) is 28.6. The first-order valence-electron chi connectivity index (χ1n) is 7.50. The smallest absolute Gasteiger partial charge is 0.254 e. The number of nitrogens with zero attached hydrogens (tertiary/aromatic N) is 2. The lowest BCUT2D eigenvalue weighted by atomic mass is 9.98. The Hall–Kier alpha value is -1.49. The van der Waals surface area contributed by atoms with Crippen LogP contribution in [0.3, 0.4) is 0 Å². The lowest BCUT2D eigenvalue weighted by Gasteiger charge is -2.29. The summed E-state index contributed by atoms with van der Waals surface area (Å²) >= 11 is 0. The van der Waals surface area contributed by atoms with Crippen molar-refractivity contribution in [3.8, 4) is 0 Å². The van der Waals surface area contributed by atoms with Crippen molar-refractivity contribution in [3.63, 3.8) is 0 Å². The average molecular weight is 274 g/mol. The monoisotopic (exact) mass is 274 g/mol. The molecule has 2 aliphatic rings. The van der Waals surface area contributed by atoms with Crippen molar-refractivity contribution in [1.29, 1.82) is 0 Å². The molecule has 0 radical (unpaired) electrons. The Kier molecular flexibility index (Phi) is 3.70. The van der Waals surface area contributed by atoms with Crippen molar-refractivity contribution in [1.82, 2.24) is 20.6 Å². The molecule has 3 rings (SSSR count). The number of rotatable bonds is 3. The predicted octanol–water partition coefficient (Wildman–Crippen LogP) is 1.61. The summed E-state index contributed by atoms with van der Waals surface area (Å²) < 4.78 is 0. The van der Waals surface area contributed by atoms with Gasteiger partial charge in [-0.15, -0.1) is 0 Å². The Labute approximate surface area is 119 Å². The molecule has 2 unspecified atom stereocenters. The van der Waals surface area contributed by atoms with E-state index in [9.17, 15) is 4.79 Å². The van der Waals surface area contributed by atoms with Crippen LogP contribution in [0.4, 0.5) is 0 Å². The van der Waals surface area contributed by atoms with Gasteiger partial charge in [0.15, 0.2) is 0 Å². The Morgan fingerprint density at radius 1 is 1.35 bits per heavy atom. The minimum atomic E-state index is -0.0272. The van der Waals surface area contributed by atoms with Gasteiger partial charge < -0.3 is 10.6 Å². The van der Waals surface area contributed by atoms with Gasteiger partial charge in [-0.3, -0.25) is 4.79 Å². The van der Waals surface area contributed by atoms with Crippen LogP contribution >= 0.6 is 0 Å². The van der Waals surface area contributed by atoms with Crippen LogP contribution in [-0.2, 0) is 0 Å². The topological polar surface area (TPSA) is 66.9 Å². The molecule has 3 heterocycles. The van der Waals surface area contributed by atoms with E-state index in [0.29, 0.717) is 17.6 Å². The van der Waals surface area contributed by atoms with Gasteiger partial charge in [0.25, 0.3) is 5.91 Å². The quantitative estimate of drug-likeness (QED) is 0.879. The Balaban J connectivity index is 1.70. The van der Waals surface area contributed by atoms with Gasteiger partial charge in [0.05, 0.1) is 11.3 Å². The first-order valence-corrected chi connectivity index (χ1v) is 7.50. The largest absolute Gasteiger partial charge is 0.349 e. The molecule has 2 bridgehead atoms. The molecule has 2 saturated heterocycles.